The van der Waals surface area contributed by atoms with Gasteiger partial charge in [0.25, 0.3) is 0 Å². The second-order valence-corrected chi connectivity index (χ2v) is 3.70. The summed E-state index contributed by atoms with van der Waals surface area (Å²) in [5, 5.41) is 63.9. The van der Waals surface area contributed by atoms with Crippen molar-refractivity contribution in [1.29, 1.82) is 0 Å². The van der Waals surface area contributed by atoms with E-state index in [4.69, 9.17) is 20.4 Å². The Morgan fingerprint density at radius 3 is 1.94 bits per heavy atom. The van der Waals surface area contributed by atoms with Crippen molar-refractivity contribution >= 4 is 0 Å². The molecule has 0 aliphatic carbocycles. The van der Waals surface area contributed by atoms with Crippen LogP contribution < -0.4 is 0 Å². The Balaban J connectivity index is 2.64. The molecular formula is C8H16O8. The molecular weight excluding hydrogens is 224 g/mol. The predicted octanol–water partition coefficient (Wildman–Crippen LogP) is -4.50. The van der Waals surface area contributed by atoms with E-state index in [2.05, 4.69) is 4.74 Å². The van der Waals surface area contributed by atoms with Crippen molar-refractivity contribution in [2.24, 2.45) is 0 Å². The molecule has 0 radical (unpaired) electrons. The molecule has 0 aromatic rings. The second kappa shape index (κ2) is 5.34. The SMILES string of the molecule is OC[C@@H](O)[C@@H](O)[C@@H](O)[C@H]1OC(O)[C@@H](O)[C@@H]1O. The highest BCUT2D eigenvalue weighted by atomic mass is 16.6. The van der Waals surface area contributed by atoms with Gasteiger partial charge < -0.3 is 40.5 Å². The minimum Gasteiger partial charge on any atom is -0.394 e. The fraction of sp³-hybridized carbons (Fsp3) is 1.00. The quantitative estimate of drug-likeness (QED) is 0.260. The van der Waals surface area contributed by atoms with E-state index < -0.39 is 49.5 Å². The first-order valence-electron chi connectivity index (χ1n) is 4.75. The smallest absolute Gasteiger partial charge is 0.184 e. The summed E-state index contributed by atoms with van der Waals surface area (Å²) in [6, 6.07) is 0. The average Bonchev–Trinajstić information content (AvgIpc) is 2.54. The minimum atomic E-state index is -1.76. The maximum absolute atomic E-state index is 9.50. The average molecular weight is 240 g/mol. The second-order valence-electron chi connectivity index (χ2n) is 3.70. The summed E-state index contributed by atoms with van der Waals surface area (Å²) >= 11 is 0. The summed E-state index contributed by atoms with van der Waals surface area (Å²) in [5.74, 6) is 0. The molecule has 0 spiro atoms. The van der Waals surface area contributed by atoms with Crippen LogP contribution in [0, 0.1) is 0 Å². The highest BCUT2D eigenvalue weighted by molar-refractivity contribution is 4.94. The Bertz CT molecular complexity index is 224. The lowest BCUT2D eigenvalue weighted by Gasteiger charge is -2.27. The van der Waals surface area contributed by atoms with Crippen LogP contribution in [0.2, 0.25) is 0 Å². The number of aliphatic hydroxyl groups excluding tert-OH is 7. The molecule has 1 saturated heterocycles. The van der Waals surface area contributed by atoms with Crippen molar-refractivity contribution in [3.8, 4) is 0 Å². The van der Waals surface area contributed by atoms with Gasteiger partial charge in [0.15, 0.2) is 6.29 Å². The largest absolute Gasteiger partial charge is 0.394 e. The highest BCUT2D eigenvalue weighted by Crippen LogP contribution is 2.24. The van der Waals surface area contributed by atoms with E-state index >= 15 is 0 Å². The van der Waals surface area contributed by atoms with E-state index in [0.29, 0.717) is 0 Å². The van der Waals surface area contributed by atoms with Gasteiger partial charge >= 0.3 is 0 Å². The van der Waals surface area contributed by atoms with Crippen LogP contribution in [-0.2, 0) is 4.74 Å². The third-order valence-electron chi connectivity index (χ3n) is 2.54. The number of hydrogen-bond donors (Lipinski definition) is 7. The lowest BCUT2D eigenvalue weighted by atomic mass is 9.98. The van der Waals surface area contributed by atoms with E-state index in [9.17, 15) is 15.3 Å². The molecule has 1 aliphatic rings. The van der Waals surface area contributed by atoms with Gasteiger partial charge in [-0.05, 0) is 0 Å². The first-order valence-corrected chi connectivity index (χ1v) is 4.75. The molecule has 1 rings (SSSR count). The van der Waals surface area contributed by atoms with Gasteiger partial charge in [0.1, 0.15) is 36.6 Å². The van der Waals surface area contributed by atoms with Gasteiger partial charge in [-0.1, -0.05) is 0 Å². The standard InChI is InChI=1S/C8H16O8/c9-1-2(10)3(11)4(12)7-5(13)6(14)8(15)16-7/h2-15H,1H2/t2-,3-,4-,5+,6+,7-,8?/m1/s1. The Kier molecular flexibility index (Phi) is 4.59. The topological polar surface area (TPSA) is 151 Å². The maximum atomic E-state index is 9.50. The molecule has 8 heteroatoms. The normalized spacial score (nSPS) is 40.7. The third kappa shape index (κ3) is 2.50. The molecule has 0 aromatic heterocycles. The molecule has 1 heterocycles. The lowest BCUT2D eigenvalue weighted by Crippen LogP contribution is -2.50. The number of ether oxygens (including phenoxy) is 1. The van der Waals surface area contributed by atoms with Gasteiger partial charge in [-0.3, -0.25) is 0 Å². The van der Waals surface area contributed by atoms with Gasteiger partial charge in [-0.15, -0.1) is 0 Å². The molecule has 0 aromatic carbocycles. The van der Waals surface area contributed by atoms with E-state index in [1.54, 1.807) is 0 Å². The molecule has 0 amide bonds. The molecule has 8 nitrogen and oxygen atoms in total. The Hall–Kier alpha value is -0.320. The summed E-state index contributed by atoms with van der Waals surface area (Å²) in [4.78, 5) is 0. The molecule has 0 bridgehead atoms. The lowest BCUT2D eigenvalue weighted by molar-refractivity contribution is -0.174. The maximum Gasteiger partial charge on any atom is 0.184 e. The van der Waals surface area contributed by atoms with Crippen LogP contribution in [-0.4, -0.2) is 85.3 Å². The minimum absolute atomic E-state index is 0.786. The van der Waals surface area contributed by atoms with Crippen LogP contribution in [0.15, 0.2) is 0 Å². The third-order valence-corrected chi connectivity index (χ3v) is 2.54. The summed E-state index contributed by atoms with van der Waals surface area (Å²) in [6.07, 6.45) is -11.4. The van der Waals surface area contributed by atoms with Crippen LogP contribution in [0.1, 0.15) is 0 Å². The van der Waals surface area contributed by atoms with Crippen molar-refractivity contribution in [3.63, 3.8) is 0 Å². The van der Waals surface area contributed by atoms with Crippen LogP contribution in [0.25, 0.3) is 0 Å². The van der Waals surface area contributed by atoms with Crippen LogP contribution in [0.5, 0.6) is 0 Å². The molecule has 0 saturated carbocycles. The summed E-state index contributed by atoms with van der Waals surface area (Å²) in [7, 11) is 0. The zero-order valence-corrected chi connectivity index (χ0v) is 8.29. The van der Waals surface area contributed by atoms with Gasteiger partial charge in [0.05, 0.1) is 6.61 Å². The van der Waals surface area contributed by atoms with Gasteiger partial charge in [-0.2, -0.15) is 0 Å². The molecule has 16 heavy (non-hydrogen) atoms. The molecule has 1 unspecified atom stereocenters. The fourth-order valence-electron chi connectivity index (χ4n) is 1.50. The van der Waals surface area contributed by atoms with Gasteiger partial charge in [0.2, 0.25) is 0 Å². The first kappa shape index (κ1) is 13.7. The summed E-state index contributed by atoms with van der Waals surface area (Å²) in [6.45, 7) is -0.786. The van der Waals surface area contributed by atoms with E-state index in [1.807, 2.05) is 0 Å². The van der Waals surface area contributed by atoms with Crippen LogP contribution in [0.4, 0.5) is 0 Å². The predicted molar refractivity (Wildman–Crippen MR) is 48.0 cm³/mol. The summed E-state index contributed by atoms with van der Waals surface area (Å²) < 4.78 is 4.62. The highest BCUT2D eigenvalue weighted by Gasteiger charge is 2.47. The Morgan fingerprint density at radius 1 is 1.00 bits per heavy atom. The van der Waals surface area contributed by atoms with Crippen molar-refractivity contribution in [2.45, 2.75) is 42.9 Å². The van der Waals surface area contributed by atoms with Crippen molar-refractivity contribution in [1.82, 2.24) is 0 Å². The van der Waals surface area contributed by atoms with Gasteiger partial charge in [0, 0.05) is 0 Å². The van der Waals surface area contributed by atoms with Crippen molar-refractivity contribution < 1.29 is 40.5 Å². The van der Waals surface area contributed by atoms with Crippen LogP contribution in [0.3, 0.4) is 0 Å². The van der Waals surface area contributed by atoms with E-state index in [0.717, 1.165) is 0 Å². The Labute approximate surface area is 91.0 Å². The van der Waals surface area contributed by atoms with E-state index in [1.165, 1.54) is 0 Å². The molecule has 7 atom stereocenters. The Morgan fingerprint density at radius 2 is 1.56 bits per heavy atom. The molecule has 1 fully saturated rings. The monoisotopic (exact) mass is 240 g/mol. The van der Waals surface area contributed by atoms with E-state index in [-0.39, 0.29) is 0 Å². The zero-order valence-electron chi connectivity index (χ0n) is 8.29. The first-order chi connectivity index (χ1) is 7.40. The fourth-order valence-corrected chi connectivity index (χ4v) is 1.50. The summed E-state index contributed by atoms with van der Waals surface area (Å²) in [5.41, 5.74) is 0. The molecule has 96 valence electrons. The van der Waals surface area contributed by atoms with Gasteiger partial charge in [-0.25, -0.2) is 0 Å². The van der Waals surface area contributed by atoms with Crippen molar-refractivity contribution in [2.75, 3.05) is 6.61 Å². The molecule has 7 N–H and O–H groups in total. The zero-order chi connectivity index (χ0) is 12.5. The number of hydrogen-bond acceptors (Lipinski definition) is 8. The van der Waals surface area contributed by atoms with Crippen molar-refractivity contribution in [3.05, 3.63) is 0 Å². The number of rotatable bonds is 4. The molecule has 1 aliphatic heterocycles. The van der Waals surface area contributed by atoms with Crippen LogP contribution >= 0.6 is 0 Å². The number of aliphatic hydroxyl groups is 7.